The number of rotatable bonds is 5. The first kappa shape index (κ1) is 17.6. The molecule has 0 saturated carbocycles. The van der Waals surface area contributed by atoms with Crippen LogP contribution in [0.3, 0.4) is 0 Å². The summed E-state index contributed by atoms with van der Waals surface area (Å²) in [5, 5.41) is 17.5. The molecule has 0 radical (unpaired) electrons. The van der Waals surface area contributed by atoms with E-state index in [1.165, 1.54) is 0 Å². The van der Waals surface area contributed by atoms with Gasteiger partial charge in [0.15, 0.2) is 0 Å². The molecule has 2 aromatic rings. The summed E-state index contributed by atoms with van der Waals surface area (Å²) in [6.07, 6.45) is 0.168. The fourth-order valence-corrected chi connectivity index (χ4v) is 3.42. The van der Waals surface area contributed by atoms with Crippen LogP contribution in [0.5, 0.6) is 0 Å². The van der Waals surface area contributed by atoms with Crippen LogP contribution in [0.15, 0.2) is 30.3 Å². The number of H-pyrrole nitrogens is 1. The summed E-state index contributed by atoms with van der Waals surface area (Å²) >= 11 is 0. The number of carbonyl (C=O) groups is 1. The van der Waals surface area contributed by atoms with Gasteiger partial charge in [0, 0.05) is 36.8 Å². The molecule has 1 aromatic carbocycles. The number of aryl methyl sites for hydroxylation is 1. The molecule has 6 nitrogen and oxygen atoms in total. The SMILES string of the molecule is Cc1cc(CC2CN(C(=O)c3cccc(CN(C)C)c3)CC2O)n[nH]1. The van der Waals surface area contributed by atoms with Crippen molar-refractivity contribution in [3.05, 3.63) is 52.8 Å². The maximum atomic E-state index is 12.8. The van der Waals surface area contributed by atoms with E-state index < -0.39 is 6.10 Å². The van der Waals surface area contributed by atoms with E-state index in [0.29, 0.717) is 25.1 Å². The third-order valence-electron chi connectivity index (χ3n) is 4.60. The lowest BCUT2D eigenvalue weighted by molar-refractivity contribution is 0.0764. The monoisotopic (exact) mass is 342 g/mol. The van der Waals surface area contributed by atoms with Crippen molar-refractivity contribution in [2.24, 2.45) is 5.92 Å². The van der Waals surface area contributed by atoms with Crippen LogP contribution >= 0.6 is 0 Å². The van der Waals surface area contributed by atoms with E-state index in [1.54, 1.807) is 4.90 Å². The molecule has 2 heterocycles. The number of carbonyl (C=O) groups excluding carboxylic acids is 1. The second kappa shape index (κ2) is 7.37. The molecular formula is C19H26N4O2. The van der Waals surface area contributed by atoms with Crippen LogP contribution in [-0.2, 0) is 13.0 Å². The van der Waals surface area contributed by atoms with Gasteiger partial charge in [0.05, 0.1) is 11.8 Å². The summed E-state index contributed by atoms with van der Waals surface area (Å²) in [5.74, 6) is 0.0111. The Morgan fingerprint density at radius 2 is 2.16 bits per heavy atom. The van der Waals surface area contributed by atoms with Crippen molar-refractivity contribution in [1.82, 2.24) is 20.0 Å². The van der Waals surface area contributed by atoms with E-state index >= 15 is 0 Å². The molecule has 2 unspecified atom stereocenters. The van der Waals surface area contributed by atoms with Gasteiger partial charge in [0.2, 0.25) is 0 Å². The zero-order valence-corrected chi connectivity index (χ0v) is 15.1. The van der Waals surface area contributed by atoms with Gasteiger partial charge in [-0.1, -0.05) is 12.1 Å². The standard InChI is InChI=1S/C19H26N4O2/c1-13-7-17(21-20-13)9-16-11-23(12-18(16)24)19(25)15-6-4-5-14(8-15)10-22(2)3/h4-8,16,18,24H,9-12H2,1-3H3,(H,20,21). The van der Waals surface area contributed by atoms with E-state index in [4.69, 9.17) is 0 Å². The Bertz CT molecular complexity index is 741. The Morgan fingerprint density at radius 1 is 1.36 bits per heavy atom. The van der Waals surface area contributed by atoms with Gasteiger partial charge >= 0.3 is 0 Å². The van der Waals surface area contributed by atoms with Crippen molar-refractivity contribution in [1.29, 1.82) is 0 Å². The molecule has 1 aromatic heterocycles. The Balaban J connectivity index is 1.67. The van der Waals surface area contributed by atoms with Crippen LogP contribution in [0.4, 0.5) is 0 Å². The van der Waals surface area contributed by atoms with Crippen molar-refractivity contribution in [3.63, 3.8) is 0 Å². The first-order valence-electron chi connectivity index (χ1n) is 8.64. The van der Waals surface area contributed by atoms with Crippen molar-refractivity contribution in [2.75, 3.05) is 27.2 Å². The quantitative estimate of drug-likeness (QED) is 0.863. The predicted octanol–water partition coefficient (Wildman–Crippen LogP) is 1.46. The third-order valence-corrected chi connectivity index (χ3v) is 4.60. The molecule has 1 aliphatic rings. The highest BCUT2D eigenvalue weighted by Crippen LogP contribution is 2.23. The number of likely N-dealkylation sites (tertiary alicyclic amines) is 1. The lowest BCUT2D eigenvalue weighted by Gasteiger charge is -2.17. The molecule has 134 valence electrons. The zero-order valence-electron chi connectivity index (χ0n) is 15.1. The first-order chi connectivity index (χ1) is 11.9. The number of amides is 1. The largest absolute Gasteiger partial charge is 0.391 e. The number of aromatic amines is 1. The number of aliphatic hydroxyl groups excluding tert-OH is 1. The predicted molar refractivity (Wildman–Crippen MR) is 96.3 cm³/mol. The van der Waals surface area contributed by atoms with Crippen LogP contribution in [0.2, 0.25) is 0 Å². The summed E-state index contributed by atoms with van der Waals surface area (Å²) in [7, 11) is 4.01. The Labute approximate surface area is 148 Å². The van der Waals surface area contributed by atoms with Gasteiger partial charge < -0.3 is 14.9 Å². The number of aliphatic hydroxyl groups is 1. The molecule has 1 saturated heterocycles. The number of hydrogen-bond donors (Lipinski definition) is 2. The maximum absolute atomic E-state index is 12.8. The second-order valence-electron chi connectivity index (χ2n) is 7.22. The van der Waals surface area contributed by atoms with E-state index in [0.717, 1.165) is 23.5 Å². The molecule has 6 heteroatoms. The number of nitrogens with one attached hydrogen (secondary N) is 1. The Kier molecular flexibility index (Phi) is 5.20. The molecule has 0 spiro atoms. The summed E-state index contributed by atoms with van der Waals surface area (Å²) in [6, 6.07) is 9.72. The lowest BCUT2D eigenvalue weighted by Crippen LogP contribution is -2.29. The third kappa shape index (κ3) is 4.27. The zero-order chi connectivity index (χ0) is 18.0. The number of nitrogens with zero attached hydrogens (tertiary/aromatic N) is 3. The molecule has 0 aliphatic carbocycles. The lowest BCUT2D eigenvalue weighted by atomic mass is 10.00. The highest BCUT2D eigenvalue weighted by molar-refractivity contribution is 5.94. The average Bonchev–Trinajstić information content (AvgIpc) is 3.13. The van der Waals surface area contributed by atoms with Gasteiger partial charge in [0.25, 0.3) is 5.91 Å². The van der Waals surface area contributed by atoms with Gasteiger partial charge in [-0.05, 0) is 51.2 Å². The molecule has 2 N–H and O–H groups in total. The number of hydrogen-bond acceptors (Lipinski definition) is 4. The second-order valence-corrected chi connectivity index (χ2v) is 7.22. The van der Waals surface area contributed by atoms with Gasteiger partial charge in [0.1, 0.15) is 0 Å². The number of β-amino-alcohol motifs (C(OH)–C–C–N with tert-alkyl or cyclic N) is 1. The van der Waals surface area contributed by atoms with Crippen LogP contribution < -0.4 is 0 Å². The van der Waals surface area contributed by atoms with Crippen LogP contribution in [0.25, 0.3) is 0 Å². The van der Waals surface area contributed by atoms with Crippen LogP contribution in [0.1, 0.15) is 27.3 Å². The molecule has 1 amide bonds. The van der Waals surface area contributed by atoms with Crippen LogP contribution in [-0.4, -0.2) is 64.3 Å². The molecular weight excluding hydrogens is 316 g/mol. The van der Waals surface area contributed by atoms with E-state index in [9.17, 15) is 9.90 Å². The molecule has 3 rings (SSSR count). The van der Waals surface area contributed by atoms with E-state index in [-0.39, 0.29) is 11.8 Å². The minimum Gasteiger partial charge on any atom is -0.391 e. The van der Waals surface area contributed by atoms with Gasteiger partial charge in [-0.15, -0.1) is 0 Å². The normalized spacial score (nSPS) is 20.4. The van der Waals surface area contributed by atoms with Crippen molar-refractivity contribution < 1.29 is 9.90 Å². The number of benzene rings is 1. The molecule has 1 aliphatic heterocycles. The highest BCUT2D eigenvalue weighted by Gasteiger charge is 2.34. The molecule has 2 atom stereocenters. The molecule has 25 heavy (non-hydrogen) atoms. The van der Waals surface area contributed by atoms with E-state index in [1.807, 2.05) is 51.4 Å². The van der Waals surface area contributed by atoms with Gasteiger partial charge in [-0.25, -0.2) is 0 Å². The average molecular weight is 342 g/mol. The smallest absolute Gasteiger partial charge is 0.253 e. The minimum absolute atomic E-state index is 0.0136. The fraction of sp³-hybridized carbons (Fsp3) is 0.474. The first-order valence-corrected chi connectivity index (χ1v) is 8.64. The summed E-state index contributed by atoms with van der Waals surface area (Å²) < 4.78 is 0. The summed E-state index contributed by atoms with van der Waals surface area (Å²) in [6.45, 7) is 3.69. The van der Waals surface area contributed by atoms with Gasteiger partial charge in [-0.2, -0.15) is 5.10 Å². The topological polar surface area (TPSA) is 72.5 Å². The van der Waals surface area contributed by atoms with Crippen molar-refractivity contribution in [2.45, 2.75) is 26.0 Å². The number of aromatic nitrogens is 2. The minimum atomic E-state index is -0.508. The molecule has 1 fully saturated rings. The molecule has 0 bridgehead atoms. The van der Waals surface area contributed by atoms with Crippen molar-refractivity contribution >= 4 is 5.91 Å². The summed E-state index contributed by atoms with van der Waals surface area (Å²) in [5.41, 5.74) is 3.74. The summed E-state index contributed by atoms with van der Waals surface area (Å²) in [4.78, 5) is 16.6. The van der Waals surface area contributed by atoms with Crippen LogP contribution in [0, 0.1) is 12.8 Å². The maximum Gasteiger partial charge on any atom is 0.253 e. The Hall–Kier alpha value is -2.18. The van der Waals surface area contributed by atoms with Crippen molar-refractivity contribution in [3.8, 4) is 0 Å². The Morgan fingerprint density at radius 3 is 2.84 bits per heavy atom. The highest BCUT2D eigenvalue weighted by atomic mass is 16.3. The van der Waals surface area contributed by atoms with Gasteiger partial charge in [-0.3, -0.25) is 9.89 Å². The van der Waals surface area contributed by atoms with E-state index in [2.05, 4.69) is 15.1 Å². The fourth-order valence-electron chi connectivity index (χ4n) is 3.42.